The Morgan fingerprint density at radius 2 is 1.95 bits per heavy atom. The summed E-state index contributed by atoms with van der Waals surface area (Å²) in [5, 5.41) is 0.889. The minimum Gasteiger partial charge on any atom is -0.207 e. The van der Waals surface area contributed by atoms with E-state index >= 15 is 0 Å². The van der Waals surface area contributed by atoms with Crippen LogP contribution in [0.1, 0.15) is 30.4 Å². The second-order valence-electron chi connectivity index (χ2n) is 5.72. The number of hydrogen-bond acceptors (Lipinski definition) is 2. The van der Waals surface area contributed by atoms with Crippen LogP contribution in [0.25, 0.3) is 0 Å². The predicted octanol–water partition coefficient (Wildman–Crippen LogP) is 3.63. The largest absolute Gasteiger partial charge is 0.243 e. The molecule has 0 N–H and O–H groups in total. The fourth-order valence-electron chi connectivity index (χ4n) is 3.07. The van der Waals surface area contributed by atoms with Gasteiger partial charge in [0.2, 0.25) is 10.0 Å². The summed E-state index contributed by atoms with van der Waals surface area (Å²) in [5.41, 5.74) is 0.963. The van der Waals surface area contributed by atoms with Gasteiger partial charge in [0.25, 0.3) is 0 Å². The van der Waals surface area contributed by atoms with E-state index in [9.17, 15) is 12.8 Å². The third-order valence-corrected chi connectivity index (χ3v) is 6.65. The number of alkyl halides is 1. The molecule has 21 heavy (non-hydrogen) atoms. The van der Waals surface area contributed by atoms with Crippen LogP contribution in [0, 0.1) is 25.6 Å². The van der Waals surface area contributed by atoms with Crippen LogP contribution in [0.4, 0.5) is 4.39 Å². The van der Waals surface area contributed by atoms with Crippen molar-refractivity contribution in [3.05, 3.63) is 29.1 Å². The van der Waals surface area contributed by atoms with Gasteiger partial charge in [0, 0.05) is 18.4 Å². The van der Waals surface area contributed by atoms with Gasteiger partial charge in [-0.15, -0.1) is 0 Å². The molecule has 0 radical (unpaired) electrons. The SMILES string of the molecule is Cc1cc(F)cc(C)c1S(=O)(=O)N1CCCC(CCBr)C1. The zero-order chi connectivity index (χ0) is 15.6. The Balaban J connectivity index is 2.34. The van der Waals surface area contributed by atoms with Gasteiger partial charge in [0.15, 0.2) is 0 Å². The normalized spacial score (nSPS) is 20.7. The zero-order valence-corrected chi connectivity index (χ0v) is 14.8. The highest BCUT2D eigenvalue weighted by Crippen LogP contribution is 2.29. The molecule has 0 aromatic heterocycles. The standard InChI is InChI=1S/C15H21BrFNO2S/c1-11-8-14(17)9-12(2)15(11)21(19,20)18-7-3-4-13(10-18)5-6-16/h8-9,13H,3-7,10H2,1-2H3. The van der Waals surface area contributed by atoms with Crippen molar-refractivity contribution in [2.24, 2.45) is 5.92 Å². The Morgan fingerprint density at radius 1 is 1.33 bits per heavy atom. The van der Waals surface area contributed by atoms with Gasteiger partial charge in [0.1, 0.15) is 5.82 Å². The molecule has 0 saturated carbocycles. The highest BCUT2D eigenvalue weighted by Gasteiger charge is 2.32. The Labute approximate surface area is 134 Å². The lowest BCUT2D eigenvalue weighted by atomic mass is 9.97. The quantitative estimate of drug-likeness (QED) is 0.751. The summed E-state index contributed by atoms with van der Waals surface area (Å²) < 4.78 is 40.7. The van der Waals surface area contributed by atoms with Crippen molar-refractivity contribution in [3.63, 3.8) is 0 Å². The van der Waals surface area contributed by atoms with E-state index in [1.54, 1.807) is 18.2 Å². The first-order valence-electron chi connectivity index (χ1n) is 7.19. The molecule has 0 bridgehead atoms. The number of benzene rings is 1. The lowest BCUT2D eigenvalue weighted by Crippen LogP contribution is -2.40. The number of piperidine rings is 1. The lowest BCUT2D eigenvalue weighted by molar-refractivity contribution is 0.263. The monoisotopic (exact) mass is 377 g/mol. The van der Waals surface area contributed by atoms with Gasteiger partial charge in [-0.3, -0.25) is 0 Å². The topological polar surface area (TPSA) is 37.4 Å². The van der Waals surface area contributed by atoms with Crippen LogP contribution in [-0.2, 0) is 10.0 Å². The predicted molar refractivity (Wildman–Crippen MR) is 85.8 cm³/mol. The van der Waals surface area contributed by atoms with Gasteiger partial charge in [-0.1, -0.05) is 15.9 Å². The fourth-order valence-corrected chi connectivity index (χ4v) is 5.68. The van der Waals surface area contributed by atoms with Crippen LogP contribution < -0.4 is 0 Å². The third-order valence-electron chi connectivity index (χ3n) is 4.02. The number of rotatable bonds is 4. The summed E-state index contributed by atoms with van der Waals surface area (Å²) in [5.74, 6) is 0.00807. The molecule has 1 unspecified atom stereocenters. The van der Waals surface area contributed by atoms with E-state index in [-0.39, 0.29) is 10.7 Å². The highest BCUT2D eigenvalue weighted by molar-refractivity contribution is 9.09. The minimum absolute atomic E-state index is 0.267. The Kier molecular flexibility index (Phi) is 5.43. The summed E-state index contributed by atoms with van der Waals surface area (Å²) in [6.07, 6.45) is 2.93. The van der Waals surface area contributed by atoms with Gasteiger partial charge in [0.05, 0.1) is 4.90 Å². The number of nitrogens with zero attached hydrogens (tertiary/aromatic N) is 1. The molecule has 0 spiro atoms. The van der Waals surface area contributed by atoms with Crippen LogP contribution in [0.2, 0.25) is 0 Å². The van der Waals surface area contributed by atoms with Gasteiger partial charge >= 0.3 is 0 Å². The summed E-state index contributed by atoms with van der Waals surface area (Å²) in [6, 6.07) is 2.58. The van der Waals surface area contributed by atoms with Crippen LogP contribution in [-0.4, -0.2) is 31.1 Å². The van der Waals surface area contributed by atoms with E-state index in [0.717, 1.165) is 24.6 Å². The first-order valence-corrected chi connectivity index (χ1v) is 9.75. The molecule has 1 aromatic carbocycles. The van der Waals surface area contributed by atoms with E-state index in [1.165, 1.54) is 12.1 Å². The van der Waals surface area contributed by atoms with Crippen molar-refractivity contribution < 1.29 is 12.8 Å². The van der Waals surface area contributed by atoms with Crippen LogP contribution in [0.5, 0.6) is 0 Å². The molecule has 118 valence electrons. The van der Waals surface area contributed by atoms with Crippen molar-refractivity contribution in [2.75, 3.05) is 18.4 Å². The summed E-state index contributed by atoms with van der Waals surface area (Å²) in [4.78, 5) is 0.267. The molecule has 3 nitrogen and oxygen atoms in total. The molecule has 1 saturated heterocycles. The molecule has 6 heteroatoms. The van der Waals surface area contributed by atoms with Gasteiger partial charge in [-0.2, -0.15) is 4.31 Å². The summed E-state index contributed by atoms with van der Waals surface area (Å²) in [6.45, 7) is 4.42. The molecular formula is C15H21BrFNO2S. The maximum Gasteiger partial charge on any atom is 0.243 e. The molecule has 1 heterocycles. The minimum atomic E-state index is -3.54. The van der Waals surface area contributed by atoms with Gasteiger partial charge < -0.3 is 0 Å². The second kappa shape index (κ2) is 6.75. The van der Waals surface area contributed by atoms with Gasteiger partial charge in [-0.25, -0.2) is 12.8 Å². The molecule has 1 aliphatic rings. The molecule has 1 fully saturated rings. The van der Waals surface area contributed by atoms with Crippen LogP contribution in [0.3, 0.4) is 0 Å². The smallest absolute Gasteiger partial charge is 0.207 e. The Bertz CT molecular complexity index is 593. The maximum atomic E-state index is 13.4. The van der Waals surface area contributed by atoms with E-state index in [4.69, 9.17) is 0 Å². The maximum absolute atomic E-state index is 13.4. The third kappa shape index (κ3) is 3.66. The highest BCUT2D eigenvalue weighted by atomic mass is 79.9. The number of hydrogen-bond donors (Lipinski definition) is 0. The summed E-state index contributed by atoms with van der Waals surface area (Å²) in [7, 11) is -3.54. The average Bonchev–Trinajstić information content (AvgIpc) is 2.37. The molecular weight excluding hydrogens is 357 g/mol. The average molecular weight is 378 g/mol. The van der Waals surface area contributed by atoms with E-state index in [1.807, 2.05) is 0 Å². The van der Waals surface area contributed by atoms with Crippen molar-refractivity contribution >= 4 is 26.0 Å². The van der Waals surface area contributed by atoms with Crippen LogP contribution in [0.15, 0.2) is 17.0 Å². The van der Waals surface area contributed by atoms with E-state index in [0.29, 0.717) is 30.1 Å². The molecule has 0 amide bonds. The first-order chi connectivity index (χ1) is 9.86. The molecule has 1 aromatic rings. The fraction of sp³-hybridized carbons (Fsp3) is 0.600. The van der Waals surface area contributed by atoms with Crippen LogP contribution >= 0.6 is 15.9 Å². The number of halogens is 2. The van der Waals surface area contributed by atoms with E-state index in [2.05, 4.69) is 15.9 Å². The van der Waals surface area contributed by atoms with E-state index < -0.39 is 10.0 Å². The first kappa shape index (κ1) is 16.9. The van der Waals surface area contributed by atoms with Crippen molar-refractivity contribution in [1.82, 2.24) is 4.31 Å². The van der Waals surface area contributed by atoms with Crippen molar-refractivity contribution in [2.45, 2.75) is 38.0 Å². The lowest BCUT2D eigenvalue weighted by Gasteiger charge is -2.32. The van der Waals surface area contributed by atoms with Crippen molar-refractivity contribution in [3.8, 4) is 0 Å². The molecule has 2 rings (SSSR count). The van der Waals surface area contributed by atoms with Gasteiger partial charge in [-0.05, 0) is 62.3 Å². The second-order valence-corrected chi connectivity index (χ2v) is 8.39. The number of aryl methyl sites for hydroxylation is 2. The number of sulfonamides is 1. The van der Waals surface area contributed by atoms with Crippen molar-refractivity contribution in [1.29, 1.82) is 0 Å². The molecule has 1 atom stereocenters. The summed E-state index contributed by atoms with van der Waals surface area (Å²) >= 11 is 3.42. The molecule has 0 aliphatic carbocycles. The molecule has 1 aliphatic heterocycles. The Morgan fingerprint density at radius 3 is 2.52 bits per heavy atom. The Hall–Kier alpha value is -0.460. The zero-order valence-electron chi connectivity index (χ0n) is 12.4.